The van der Waals surface area contributed by atoms with Crippen LogP contribution in [0.1, 0.15) is 12.0 Å². The lowest BCUT2D eigenvalue weighted by atomic mass is 10.1. The summed E-state index contributed by atoms with van der Waals surface area (Å²) >= 11 is 6.07. The van der Waals surface area contributed by atoms with Crippen molar-refractivity contribution >= 4 is 21.4 Å². The molecule has 2 saturated heterocycles. The molecule has 2 heterocycles. The van der Waals surface area contributed by atoms with Crippen LogP contribution in [0.15, 0.2) is 18.2 Å². The van der Waals surface area contributed by atoms with E-state index in [0.29, 0.717) is 22.9 Å². The van der Waals surface area contributed by atoms with Gasteiger partial charge in [0.05, 0.1) is 11.5 Å². The number of piperazine rings is 1. The first-order valence-electron chi connectivity index (χ1n) is 7.54. The van der Waals surface area contributed by atoms with Crippen LogP contribution in [0.25, 0.3) is 0 Å². The van der Waals surface area contributed by atoms with E-state index in [1.54, 1.807) is 12.1 Å². The van der Waals surface area contributed by atoms with Crippen molar-refractivity contribution in [3.8, 4) is 0 Å². The zero-order valence-electron chi connectivity index (χ0n) is 12.3. The summed E-state index contributed by atoms with van der Waals surface area (Å²) in [7, 11) is -2.84. The molecule has 0 spiro atoms. The van der Waals surface area contributed by atoms with Crippen molar-refractivity contribution in [1.29, 1.82) is 0 Å². The topological polar surface area (TPSA) is 40.6 Å². The van der Waals surface area contributed by atoms with E-state index in [-0.39, 0.29) is 17.6 Å². The Labute approximate surface area is 135 Å². The lowest BCUT2D eigenvalue weighted by Crippen LogP contribution is -2.50. The highest BCUT2D eigenvalue weighted by Gasteiger charge is 2.33. The van der Waals surface area contributed by atoms with Crippen molar-refractivity contribution in [3.05, 3.63) is 34.6 Å². The minimum atomic E-state index is -2.84. The number of sulfone groups is 1. The number of nitrogens with zero attached hydrogens (tertiary/aromatic N) is 2. The number of rotatable bonds is 3. The van der Waals surface area contributed by atoms with E-state index in [1.165, 1.54) is 6.07 Å². The Morgan fingerprint density at radius 2 is 1.95 bits per heavy atom. The number of benzene rings is 1. The van der Waals surface area contributed by atoms with Crippen LogP contribution in [0.3, 0.4) is 0 Å². The average molecular weight is 347 g/mol. The van der Waals surface area contributed by atoms with Gasteiger partial charge in [0.25, 0.3) is 0 Å². The molecule has 122 valence electrons. The summed E-state index contributed by atoms with van der Waals surface area (Å²) in [5.74, 6) is 0.325. The molecule has 0 saturated carbocycles. The molecular formula is C15H20ClFN2O2S. The third-order valence-electron chi connectivity index (χ3n) is 4.58. The van der Waals surface area contributed by atoms with Gasteiger partial charge in [0.2, 0.25) is 0 Å². The van der Waals surface area contributed by atoms with Crippen LogP contribution in [0.2, 0.25) is 5.02 Å². The van der Waals surface area contributed by atoms with Crippen molar-refractivity contribution in [2.24, 2.45) is 0 Å². The summed E-state index contributed by atoms with van der Waals surface area (Å²) in [6.07, 6.45) is 0.738. The van der Waals surface area contributed by atoms with Crippen molar-refractivity contribution in [3.63, 3.8) is 0 Å². The predicted octanol–water partition coefficient (Wildman–Crippen LogP) is 1.78. The van der Waals surface area contributed by atoms with Gasteiger partial charge in [-0.2, -0.15) is 0 Å². The van der Waals surface area contributed by atoms with E-state index < -0.39 is 9.84 Å². The van der Waals surface area contributed by atoms with Crippen molar-refractivity contribution in [2.45, 2.75) is 19.0 Å². The van der Waals surface area contributed by atoms with Gasteiger partial charge in [0.15, 0.2) is 9.84 Å². The Kier molecular flexibility index (Phi) is 4.73. The third-order valence-corrected chi connectivity index (χ3v) is 6.68. The summed E-state index contributed by atoms with van der Waals surface area (Å²) < 4.78 is 37.0. The molecule has 1 atom stereocenters. The Bertz CT molecular complexity index is 625. The highest BCUT2D eigenvalue weighted by Crippen LogP contribution is 2.23. The summed E-state index contributed by atoms with van der Waals surface area (Å²) in [5, 5.41) is 0.462. The quantitative estimate of drug-likeness (QED) is 0.836. The first kappa shape index (κ1) is 16.2. The zero-order valence-corrected chi connectivity index (χ0v) is 13.9. The Hall–Kier alpha value is -0.690. The summed E-state index contributed by atoms with van der Waals surface area (Å²) in [5.41, 5.74) is 0.543. The highest BCUT2D eigenvalue weighted by molar-refractivity contribution is 7.91. The molecule has 1 aromatic rings. The van der Waals surface area contributed by atoms with Crippen molar-refractivity contribution in [1.82, 2.24) is 9.80 Å². The minimum absolute atomic E-state index is 0.157. The van der Waals surface area contributed by atoms with Crippen LogP contribution < -0.4 is 0 Å². The summed E-state index contributed by atoms with van der Waals surface area (Å²) in [4.78, 5) is 4.42. The zero-order chi connectivity index (χ0) is 15.7. The van der Waals surface area contributed by atoms with E-state index in [9.17, 15) is 12.8 Å². The lowest BCUT2D eigenvalue weighted by molar-refractivity contribution is 0.0993. The first-order chi connectivity index (χ1) is 10.4. The predicted molar refractivity (Wildman–Crippen MR) is 85.3 cm³/mol. The van der Waals surface area contributed by atoms with Gasteiger partial charge in [-0.3, -0.25) is 9.80 Å². The van der Waals surface area contributed by atoms with Gasteiger partial charge >= 0.3 is 0 Å². The molecule has 7 heteroatoms. The molecule has 0 aromatic heterocycles. The highest BCUT2D eigenvalue weighted by atomic mass is 35.5. The average Bonchev–Trinajstić information content (AvgIpc) is 2.84. The van der Waals surface area contributed by atoms with Gasteiger partial charge < -0.3 is 0 Å². The maximum absolute atomic E-state index is 13.8. The normalized spacial score (nSPS) is 26.4. The van der Waals surface area contributed by atoms with E-state index >= 15 is 0 Å². The molecule has 1 aromatic carbocycles. The SMILES string of the molecule is O=S1(=O)CC[C@@H](N2CCN(Cc3c(F)cccc3Cl)CC2)C1. The van der Waals surface area contributed by atoms with Crippen LogP contribution in [0.4, 0.5) is 4.39 Å². The minimum Gasteiger partial charge on any atom is -0.297 e. The molecule has 4 nitrogen and oxygen atoms in total. The second kappa shape index (κ2) is 6.43. The number of hydrogen-bond acceptors (Lipinski definition) is 4. The fourth-order valence-corrected chi connectivity index (χ4v) is 5.24. The first-order valence-corrected chi connectivity index (χ1v) is 9.74. The number of halogens is 2. The molecule has 2 fully saturated rings. The molecule has 0 amide bonds. The van der Waals surface area contributed by atoms with Gasteiger partial charge in [0, 0.05) is 49.4 Å². The standard InChI is InChI=1S/C15H20ClFN2O2S/c16-14-2-1-3-15(17)13(14)10-18-5-7-19(8-6-18)12-4-9-22(20,21)11-12/h1-3,12H,4-11H2/t12-/m1/s1. The molecule has 0 bridgehead atoms. The Morgan fingerprint density at radius 3 is 2.55 bits per heavy atom. The fourth-order valence-electron chi connectivity index (χ4n) is 3.26. The van der Waals surface area contributed by atoms with Crippen molar-refractivity contribution in [2.75, 3.05) is 37.7 Å². The van der Waals surface area contributed by atoms with E-state index in [1.807, 2.05) is 0 Å². The maximum atomic E-state index is 13.8. The monoisotopic (exact) mass is 346 g/mol. The van der Waals surface area contributed by atoms with Gasteiger partial charge in [-0.1, -0.05) is 17.7 Å². The smallest absolute Gasteiger partial charge is 0.151 e. The van der Waals surface area contributed by atoms with Gasteiger partial charge in [-0.25, -0.2) is 12.8 Å². The molecule has 0 unspecified atom stereocenters. The van der Waals surface area contributed by atoms with Crippen LogP contribution in [-0.2, 0) is 16.4 Å². The summed E-state index contributed by atoms with van der Waals surface area (Å²) in [6.45, 7) is 3.77. The van der Waals surface area contributed by atoms with Crippen molar-refractivity contribution < 1.29 is 12.8 Å². The fraction of sp³-hybridized carbons (Fsp3) is 0.600. The van der Waals surface area contributed by atoms with Crippen LogP contribution >= 0.6 is 11.6 Å². The Morgan fingerprint density at radius 1 is 1.23 bits per heavy atom. The molecule has 2 aliphatic rings. The van der Waals surface area contributed by atoms with Crippen LogP contribution in [0, 0.1) is 5.82 Å². The lowest BCUT2D eigenvalue weighted by Gasteiger charge is -2.37. The van der Waals surface area contributed by atoms with E-state index in [2.05, 4.69) is 9.80 Å². The molecule has 0 radical (unpaired) electrons. The third kappa shape index (κ3) is 3.62. The molecule has 0 N–H and O–H groups in total. The van der Waals surface area contributed by atoms with Gasteiger partial charge in [0.1, 0.15) is 5.82 Å². The molecule has 22 heavy (non-hydrogen) atoms. The van der Waals surface area contributed by atoms with Crippen LogP contribution in [0.5, 0.6) is 0 Å². The van der Waals surface area contributed by atoms with E-state index in [0.717, 1.165) is 32.6 Å². The van der Waals surface area contributed by atoms with E-state index in [4.69, 9.17) is 11.6 Å². The summed E-state index contributed by atoms with van der Waals surface area (Å²) in [6, 6.07) is 4.91. The molecule has 2 aliphatic heterocycles. The second-order valence-corrected chi connectivity index (χ2v) is 8.71. The molecule has 0 aliphatic carbocycles. The van der Waals surface area contributed by atoms with Crippen LogP contribution in [-0.4, -0.2) is 61.9 Å². The maximum Gasteiger partial charge on any atom is 0.151 e. The Balaban J connectivity index is 1.56. The molecular weight excluding hydrogens is 327 g/mol. The largest absolute Gasteiger partial charge is 0.297 e. The van der Waals surface area contributed by atoms with Gasteiger partial charge in [-0.05, 0) is 18.6 Å². The van der Waals surface area contributed by atoms with Gasteiger partial charge in [-0.15, -0.1) is 0 Å². The second-order valence-electron chi connectivity index (χ2n) is 6.07. The molecule has 3 rings (SSSR count). The number of hydrogen-bond donors (Lipinski definition) is 0.